The van der Waals surface area contributed by atoms with Crippen LogP contribution in [0.4, 0.5) is 0 Å². The summed E-state index contributed by atoms with van der Waals surface area (Å²) in [5.74, 6) is 0. The summed E-state index contributed by atoms with van der Waals surface area (Å²) in [6.45, 7) is 13.9. The standard InChI is InChI=1S/C18H31BrOSi/c1-7-8-9-10-17(15-11-13-16(19)14-12-15)20-21(5,6)18(2,3)4/h11-14,17H,7-10H2,1-6H3/t17-/m1/s1. The number of halogens is 1. The zero-order valence-electron chi connectivity index (χ0n) is 14.5. The predicted molar refractivity (Wildman–Crippen MR) is 99.3 cm³/mol. The van der Waals surface area contributed by atoms with Gasteiger partial charge >= 0.3 is 0 Å². The van der Waals surface area contributed by atoms with E-state index in [0.717, 1.165) is 10.9 Å². The second kappa shape index (κ2) is 7.93. The van der Waals surface area contributed by atoms with Gasteiger partial charge in [-0.05, 0) is 42.2 Å². The SMILES string of the molecule is CCCCC[C@@H](O[Si](C)(C)C(C)(C)C)c1ccc(Br)cc1. The minimum Gasteiger partial charge on any atom is -0.410 e. The lowest BCUT2D eigenvalue weighted by Gasteiger charge is -2.39. The molecule has 0 heterocycles. The quantitative estimate of drug-likeness (QED) is 0.367. The Hall–Kier alpha value is -0.123. The second-order valence-corrected chi connectivity index (χ2v) is 13.1. The fourth-order valence-corrected chi connectivity index (χ4v) is 3.67. The smallest absolute Gasteiger partial charge is 0.192 e. The zero-order valence-corrected chi connectivity index (χ0v) is 17.1. The van der Waals surface area contributed by atoms with Gasteiger partial charge in [-0.15, -0.1) is 0 Å². The molecule has 0 saturated heterocycles. The van der Waals surface area contributed by atoms with Crippen LogP contribution >= 0.6 is 15.9 Å². The van der Waals surface area contributed by atoms with Gasteiger partial charge < -0.3 is 4.43 Å². The van der Waals surface area contributed by atoms with Gasteiger partial charge in [-0.1, -0.05) is 75.0 Å². The zero-order chi connectivity index (χ0) is 16.1. The van der Waals surface area contributed by atoms with E-state index in [1.54, 1.807) is 0 Å². The topological polar surface area (TPSA) is 9.23 Å². The molecule has 1 rings (SSSR count). The molecule has 0 aliphatic carbocycles. The van der Waals surface area contributed by atoms with Gasteiger partial charge in [0.1, 0.15) is 0 Å². The molecule has 1 aromatic rings. The van der Waals surface area contributed by atoms with E-state index in [2.05, 4.69) is 81.0 Å². The minimum absolute atomic E-state index is 0.241. The van der Waals surface area contributed by atoms with Gasteiger partial charge in [0.25, 0.3) is 0 Å². The lowest BCUT2D eigenvalue weighted by atomic mass is 10.0. The van der Waals surface area contributed by atoms with Gasteiger partial charge in [-0.3, -0.25) is 0 Å². The maximum Gasteiger partial charge on any atom is 0.192 e. The molecule has 1 atom stereocenters. The normalized spacial score (nSPS) is 14.2. The van der Waals surface area contributed by atoms with E-state index in [1.807, 2.05) is 0 Å². The fourth-order valence-electron chi connectivity index (χ4n) is 2.08. The molecule has 0 radical (unpaired) electrons. The molecule has 0 aromatic heterocycles. The molecule has 1 nitrogen and oxygen atoms in total. The number of benzene rings is 1. The van der Waals surface area contributed by atoms with Crippen molar-refractivity contribution in [2.75, 3.05) is 0 Å². The highest BCUT2D eigenvalue weighted by Crippen LogP contribution is 2.41. The summed E-state index contributed by atoms with van der Waals surface area (Å²) in [5.41, 5.74) is 1.32. The van der Waals surface area contributed by atoms with Crippen molar-refractivity contribution in [2.24, 2.45) is 0 Å². The molecule has 0 aliphatic rings. The molecule has 0 aliphatic heterocycles. The summed E-state index contributed by atoms with van der Waals surface area (Å²) in [6.07, 6.45) is 5.15. The van der Waals surface area contributed by atoms with Crippen LogP contribution < -0.4 is 0 Å². The molecule has 21 heavy (non-hydrogen) atoms. The van der Waals surface area contributed by atoms with Crippen molar-refractivity contribution in [1.82, 2.24) is 0 Å². The predicted octanol–water partition coefficient (Wildman–Crippen LogP) is 7.09. The van der Waals surface area contributed by atoms with E-state index < -0.39 is 8.32 Å². The molecule has 0 bridgehead atoms. The molecule has 0 saturated carbocycles. The Labute approximate surface area is 140 Å². The Kier molecular flexibility index (Phi) is 7.15. The summed E-state index contributed by atoms with van der Waals surface area (Å²) in [6, 6.07) is 8.65. The van der Waals surface area contributed by atoms with Crippen LogP contribution in [0, 0.1) is 0 Å². The second-order valence-electron chi connectivity index (χ2n) is 7.41. The molecule has 120 valence electrons. The van der Waals surface area contributed by atoms with Crippen molar-refractivity contribution in [3.63, 3.8) is 0 Å². The summed E-state index contributed by atoms with van der Waals surface area (Å²) >= 11 is 3.52. The third-order valence-corrected chi connectivity index (χ3v) is 9.57. The van der Waals surface area contributed by atoms with Crippen LogP contribution in [-0.2, 0) is 4.43 Å². The third-order valence-electron chi connectivity index (χ3n) is 4.55. The van der Waals surface area contributed by atoms with Gasteiger partial charge in [0.2, 0.25) is 0 Å². The molecule has 3 heteroatoms. The Bertz CT molecular complexity index is 420. The van der Waals surface area contributed by atoms with E-state index in [-0.39, 0.29) is 11.1 Å². The number of hydrogen-bond donors (Lipinski definition) is 0. The monoisotopic (exact) mass is 370 g/mol. The van der Waals surface area contributed by atoms with E-state index in [0.29, 0.717) is 0 Å². The van der Waals surface area contributed by atoms with Crippen LogP contribution in [-0.4, -0.2) is 8.32 Å². The first-order valence-corrected chi connectivity index (χ1v) is 11.8. The van der Waals surface area contributed by atoms with Crippen LogP contribution in [0.15, 0.2) is 28.7 Å². The first-order valence-electron chi connectivity index (χ1n) is 8.10. The van der Waals surface area contributed by atoms with Gasteiger partial charge in [0.15, 0.2) is 8.32 Å². The molecular formula is C18H31BrOSi. The first kappa shape index (κ1) is 18.9. The molecule has 0 spiro atoms. The summed E-state index contributed by atoms with van der Waals surface area (Å²) in [4.78, 5) is 0. The molecule has 1 aromatic carbocycles. The van der Waals surface area contributed by atoms with E-state index in [4.69, 9.17) is 4.43 Å². The molecular weight excluding hydrogens is 340 g/mol. The van der Waals surface area contributed by atoms with E-state index in [9.17, 15) is 0 Å². The Balaban J connectivity index is 2.89. The van der Waals surface area contributed by atoms with Gasteiger partial charge in [0.05, 0.1) is 6.10 Å². The van der Waals surface area contributed by atoms with Crippen molar-refractivity contribution in [2.45, 2.75) is 77.6 Å². The Morgan fingerprint density at radius 3 is 2.14 bits per heavy atom. The summed E-state index contributed by atoms with van der Waals surface area (Å²) < 4.78 is 7.83. The van der Waals surface area contributed by atoms with Gasteiger partial charge in [-0.2, -0.15) is 0 Å². The molecule has 0 amide bonds. The van der Waals surface area contributed by atoms with Gasteiger partial charge in [0, 0.05) is 4.47 Å². The molecule has 0 fully saturated rings. The number of rotatable bonds is 7. The van der Waals surface area contributed by atoms with Crippen molar-refractivity contribution in [3.8, 4) is 0 Å². The lowest BCUT2D eigenvalue weighted by molar-refractivity contribution is 0.170. The third kappa shape index (κ3) is 5.88. The number of hydrogen-bond acceptors (Lipinski definition) is 1. The van der Waals surface area contributed by atoms with Crippen LogP contribution in [0.25, 0.3) is 0 Å². The van der Waals surface area contributed by atoms with Crippen LogP contribution in [0.5, 0.6) is 0 Å². The Morgan fingerprint density at radius 2 is 1.67 bits per heavy atom. The highest BCUT2D eigenvalue weighted by Gasteiger charge is 2.39. The highest BCUT2D eigenvalue weighted by atomic mass is 79.9. The molecule has 0 unspecified atom stereocenters. The van der Waals surface area contributed by atoms with Crippen molar-refractivity contribution in [3.05, 3.63) is 34.3 Å². The Morgan fingerprint density at radius 1 is 1.10 bits per heavy atom. The van der Waals surface area contributed by atoms with Crippen molar-refractivity contribution >= 4 is 24.2 Å². The van der Waals surface area contributed by atoms with Crippen LogP contribution in [0.2, 0.25) is 18.1 Å². The fraction of sp³-hybridized carbons (Fsp3) is 0.667. The highest BCUT2D eigenvalue weighted by molar-refractivity contribution is 9.10. The minimum atomic E-state index is -1.74. The van der Waals surface area contributed by atoms with E-state index in [1.165, 1.54) is 24.8 Å². The van der Waals surface area contributed by atoms with Crippen molar-refractivity contribution < 1.29 is 4.43 Å². The van der Waals surface area contributed by atoms with E-state index >= 15 is 0 Å². The summed E-state index contributed by atoms with van der Waals surface area (Å²) in [5, 5.41) is 0.255. The van der Waals surface area contributed by atoms with Crippen LogP contribution in [0.3, 0.4) is 0 Å². The largest absolute Gasteiger partial charge is 0.410 e. The lowest BCUT2D eigenvalue weighted by Crippen LogP contribution is -2.41. The number of unbranched alkanes of at least 4 members (excludes halogenated alkanes) is 2. The first-order chi connectivity index (χ1) is 9.67. The van der Waals surface area contributed by atoms with Crippen molar-refractivity contribution in [1.29, 1.82) is 0 Å². The maximum absolute atomic E-state index is 6.70. The average molecular weight is 371 g/mol. The molecule has 0 N–H and O–H groups in total. The summed E-state index contributed by atoms with van der Waals surface area (Å²) in [7, 11) is -1.74. The van der Waals surface area contributed by atoms with Crippen LogP contribution in [0.1, 0.15) is 65.0 Å². The average Bonchev–Trinajstić information content (AvgIpc) is 2.37. The maximum atomic E-state index is 6.70. The van der Waals surface area contributed by atoms with Gasteiger partial charge in [-0.25, -0.2) is 0 Å².